The van der Waals surface area contributed by atoms with Crippen LogP contribution in [0.1, 0.15) is 20.8 Å². The Balaban J connectivity index is 2.82. The quantitative estimate of drug-likeness (QED) is 0.684. The molecule has 0 unspecified atom stereocenters. The fourth-order valence-corrected chi connectivity index (χ4v) is 3.15. The van der Waals surface area contributed by atoms with Crippen LogP contribution in [-0.2, 0) is 14.6 Å². The molecule has 0 saturated carbocycles. The van der Waals surface area contributed by atoms with Gasteiger partial charge in [0.2, 0.25) is 8.32 Å². The van der Waals surface area contributed by atoms with E-state index in [0.717, 1.165) is 0 Å². The van der Waals surface area contributed by atoms with Crippen molar-refractivity contribution in [3.63, 3.8) is 0 Å². The monoisotopic (exact) mass is 287 g/mol. The predicted octanol–water partition coefficient (Wildman–Crippen LogP) is 2.90. The lowest BCUT2D eigenvalue weighted by Crippen LogP contribution is -2.46. The van der Waals surface area contributed by atoms with Crippen LogP contribution in [0, 0.1) is 0 Å². The van der Waals surface area contributed by atoms with Crippen molar-refractivity contribution in [3.8, 4) is 0 Å². The van der Waals surface area contributed by atoms with E-state index in [2.05, 4.69) is 25.7 Å². The number of rotatable bonds is 4. The van der Waals surface area contributed by atoms with Crippen molar-refractivity contribution >= 4 is 18.3 Å². The fourth-order valence-electron chi connectivity index (χ4n) is 0.960. The molecule has 0 radical (unpaired) electrons. The summed E-state index contributed by atoms with van der Waals surface area (Å²) in [5.41, 5.74) is 0. The standard InChI is InChI=1S/C12H21NO3SSi/c1-12(2,3)18(4,5)16-13-17(14,15)11-9-7-6-8-10-11/h6-10,13H,1-5H3. The predicted molar refractivity (Wildman–Crippen MR) is 75.0 cm³/mol. The molecule has 0 amide bonds. The Hall–Kier alpha value is -0.693. The maximum absolute atomic E-state index is 12.0. The SMILES string of the molecule is CC(C)(C)[Si](C)(C)ONS(=O)(=O)c1ccccc1. The number of benzene rings is 1. The zero-order valence-corrected chi connectivity index (χ0v) is 13.3. The first-order chi connectivity index (χ1) is 8.06. The molecule has 1 rings (SSSR count). The fraction of sp³-hybridized carbons (Fsp3) is 0.500. The van der Waals surface area contributed by atoms with Gasteiger partial charge in [-0.15, -0.1) is 4.89 Å². The van der Waals surface area contributed by atoms with Gasteiger partial charge >= 0.3 is 0 Å². The van der Waals surface area contributed by atoms with Crippen molar-refractivity contribution in [3.05, 3.63) is 30.3 Å². The second kappa shape index (κ2) is 5.12. The molecule has 0 spiro atoms. The molecule has 1 aromatic rings. The molecule has 18 heavy (non-hydrogen) atoms. The van der Waals surface area contributed by atoms with Gasteiger partial charge in [-0.25, -0.2) is 8.42 Å². The summed E-state index contributed by atoms with van der Waals surface area (Å²) >= 11 is 0. The third-order valence-corrected chi connectivity index (χ3v) is 8.83. The van der Waals surface area contributed by atoms with E-state index in [4.69, 9.17) is 4.53 Å². The van der Waals surface area contributed by atoms with E-state index in [-0.39, 0.29) is 9.93 Å². The number of hydrogen-bond acceptors (Lipinski definition) is 3. The van der Waals surface area contributed by atoms with Gasteiger partial charge in [-0.3, -0.25) is 0 Å². The second-order valence-electron chi connectivity index (χ2n) is 5.76. The van der Waals surface area contributed by atoms with Crippen LogP contribution in [0.5, 0.6) is 0 Å². The molecule has 1 N–H and O–H groups in total. The summed E-state index contributed by atoms with van der Waals surface area (Å²) in [4.78, 5) is 2.47. The lowest BCUT2D eigenvalue weighted by atomic mass is 10.2. The van der Waals surface area contributed by atoms with Crippen molar-refractivity contribution in [1.29, 1.82) is 0 Å². The molecule has 0 saturated heterocycles. The van der Waals surface area contributed by atoms with Crippen LogP contribution >= 0.6 is 0 Å². The van der Waals surface area contributed by atoms with Crippen molar-refractivity contribution in [2.24, 2.45) is 0 Å². The molecular formula is C12H21NO3SSi. The summed E-state index contributed by atoms with van der Waals surface area (Å²) in [5.74, 6) is 0. The molecule has 1 aromatic carbocycles. The van der Waals surface area contributed by atoms with Crippen LogP contribution in [0.25, 0.3) is 0 Å². The molecule has 0 bridgehead atoms. The van der Waals surface area contributed by atoms with Gasteiger partial charge in [0.05, 0.1) is 4.90 Å². The van der Waals surface area contributed by atoms with Crippen molar-refractivity contribution in [1.82, 2.24) is 4.89 Å². The smallest absolute Gasteiger partial charge is 0.261 e. The zero-order chi connectivity index (χ0) is 14.0. The second-order valence-corrected chi connectivity index (χ2v) is 12.1. The topological polar surface area (TPSA) is 55.4 Å². The van der Waals surface area contributed by atoms with Gasteiger partial charge in [0.1, 0.15) is 0 Å². The van der Waals surface area contributed by atoms with E-state index in [1.807, 2.05) is 13.1 Å². The first-order valence-electron chi connectivity index (χ1n) is 5.81. The van der Waals surface area contributed by atoms with Gasteiger partial charge in [-0.2, -0.15) is 0 Å². The highest BCUT2D eigenvalue weighted by molar-refractivity contribution is 7.89. The molecule has 0 fully saturated rings. The van der Waals surface area contributed by atoms with Gasteiger partial charge in [0, 0.05) is 0 Å². The summed E-state index contributed by atoms with van der Waals surface area (Å²) in [6.07, 6.45) is 0. The van der Waals surface area contributed by atoms with Crippen molar-refractivity contribution in [2.45, 2.75) is 43.8 Å². The molecule has 4 nitrogen and oxygen atoms in total. The third-order valence-electron chi connectivity index (χ3n) is 3.27. The summed E-state index contributed by atoms with van der Waals surface area (Å²) in [6, 6.07) is 8.21. The maximum Gasteiger partial charge on any atom is 0.261 e. The van der Waals surface area contributed by atoms with Gasteiger partial charge in [-0.1, -0.05) is 39.0 Å². The highest BCUT2D eigenvalue weighted by atomic mass is 32.2. The normalized spacial score (nSPS) is 13.6. The van der Waals surface area contributed by atoms with Gasteiger partial charge < -0.3 is 4.53 Å². The van der Waals surface area contributed by atoms with Crippen molar-refractivity contribution < 1.29 is 12.9 Å². The summed E-state index contributed by atoms with van der Waals surface area (Å²) in [6.45, 7) is 10.1. The van der Waals surface area contributed by atoms with Crippen LogP contribution in [0.3, 0.4) is 0 Å². The maximum atomic E-state index is 12.0. The Morgan fingerprint density at radius 2 is 1.61 bits per heavy atom. The van der Waals surface area contributed by atoms with E-state index in [1.54, 1.807) is 18.2 Å². The third kappa shape index (κ3) is 3.65. The number of nitrogens with one attached hydrogen (secondary N) is 1. The van der Waals surface area contributed by atoms with Crippen LogP contribution in [0.2, 0.25) is 18.1 Å². The van der Waals surface area contributed by atoms with E-state index in [1.165, 1.54) is 12.1 Å². The summed E-state index contributed by atoms with van der Waals surface area (Å²) in [7, 11) is -5.73. The Labute approximate surface area is 111 Å². The summed E-state index contributed by atoms with van der Waals surface area (Å²) < 4.78 is 29.5. The lowest BCUT2D eigenvalue weighted by Gasteiger charge is -2.35. The average Bonchev–Trinajstić information content (AvgIpc) is 2.26. The minimum atomic E-state index is -3.59. The van der Waals surface area contributed by atoms with Crippen LogP contribution < -0.4 is 4.89 Å². The number of hydrogen-bond donors (Lipinski definition) is 1. The lowest BCUT2D eigenvalue weighted by molar-refractivity contribution is 0.242. The molecule has 0 aliphatic rings. The molecular weight excluding hydrogens is 266 g/mol. The zero-order valence-electron chi connectivity index (χ0n) is 11.5. The first-order valence-corrected chi connectivity index (χ1v) is 10.2. The van der Waals surface area contributed by atoms with E-state index >= 15 is 0 Å². The van der Waals surface area contributed by atoms with Crippen LogP contribution in [-0.4, -0.2) is 16.7 Å². The highest BCUT2D eigenvalue weighted by Gasteiger charge is 2.39. The molecule has 0 aliphatic carbocycles. The first kappa shape index (κ1) is 15.4. The minimum absolute atomic E-state index is 0.0494. The molecule has 0 aromatic heterocycles. The van der Waals surface area contributed by atoms with Gasteiger partial charge in [0.15, 0.2) is 0 Å². The molecule has 0 atom stereocenters. The summed E-state index contributed by atoms with van der Waals surface area (Å²) in [5, 5.41) is -0.0494. The van der Waals surface area contributed by atoms with Gasteiger partial charge in [-0.05, 0) is 30.3 Å². The van der Waals surface area contributed by atoms with Crippen LogP contribution in [0.4, 0.5) is 0 Å². The molecule has 0 heterocycles. The minimum Gasteiger partial charge on any atom is -0.331 e. The Morgan fingerprint density at radius 3 is 2.06 bits per heavy atom. The Bertz CT molecular complexity index is 492. The molecule has 0 aliphatic heterocycles. The van der Waals surface area contributed by atoms with E-state index < -0.39 is 18.3 Å². The van der Waals surface area contributed by atoms with Gasteiger partial charge in [0.25, 0.3) is 10.0 Å². The Kier molecular flexibility index (Phi) is 4.37. The number of sulfonamides is 1. The molecule has 6 heteroatoms. The average molecular weight is 287 g/mol. The largest absolute Gasteiger partial charge is 0.331 e. The Morgan fingerprint density at radius 1 is 1.11 bits per heavy atom. The van der Waals surface area contributed by atoms with Crippen LogP contribution in [0.15, 0.2) is 35.2 Å². The van der Waals surface area contributed by atoms with E-state index in [9.17, 15) is 8.42 Å². The van der Waals surface area contributed by atoms with Crippen molar-refractivity contribution in [2.75, 3.05) is 0 Å². The highest BCUT2D eigenvalue weighted by Crippen LogP contribution is 2.36. The van der Waals surface area contributed by atoms with E-state index in [0.29, 0.717) is 0 Å². The molecule has 102 valence electrons.